The van der Waals surface area contributed by atoms with Gasteiger partial charge in [-0.05, 0) is 68.4 Å². The Hall–Kier alpha value is -1.63. The van der Waals surface area contributed by atoms with Gasteiger partial charge in [0.25, 0.3) is 0 Å². The Morgan fingerprint density at radius 2 is 0.808 bits per heavy atom. The highest BCUT2D eigenvalue weighted by Crippen LogP contribution is 2.24. The lowest BCUT2D eigenvalue weighted by atomic mass is 10.0. The van der Waals surface area contributed by atoms with E-state index in [1.54, 1.807) is 18.2 Å². The monoisotopic (exact) mass is 745 g/mol. The fraction of sp³-hybridized carbons (Fsp3) is 0.783. The quantitative estimate of drug-likeness (QED) is 0.0406. The first-order chi connectivity index (χ1) is 25.4. The lowest BCUT2D eigenvalue weighted by molar-refractivity contribution is -0.927. The van der Waals surface area contributed by atoms with E-state index in [4.69, 9.17) is 0 Å². The molecule has 0 fully saturated rings. The second kappa shape index (κ2) is 33.9. The molecule has 2 aromatic rings. The largest absolute Gasteiger partial charge is 0.872 e. The number of benzene rings is 2. The Kier molecular flexibility index (Phi) is 31.5. The van der Waals surface area contributed by atoms with Gasteiger partial charge in [-0.2, -0.15) is 0 Å². The van der Waals surface area contributed by atoms with Crippen LogP contribution in [0.15, 0.2) is 36.4 Å². The van der Waals surface area contributed by atoms with E-state index in [1.807, 2.05) is 0 Å². The van der Waals surface area contributed by atoms with Gasteiger partial charge >= 0.3 is 0 Å². The Labute approximate surface area is 325 Å². The van der Waals surface area contributed by atoms with Crippen molar-refractivity contribution in [1.29, 1.82) is 0 Å². The third-order valence-corrected chi connectivity index (χ3v) is 11.4. The molecule has 5 nitrogen and oxygen atoms in total. The summed E-state index contributed by atoms with van der Waals surface area (Å²) in [6, 6.07) is 9.22. The Morgan fingerprint density at radius 1 is 0.481 bits per heavy atom. The Bertz CT molecular complexity index is 1090. The van der Waals surface area contributed by atoms with Crippen molar-refractivity contribution in [2.75, 3.05) is 26.2 Å². The van der Waals surface area contributed by atoms with Crippen molar-refractivity contribution in [2.24, 2.45) is 0 Å². The normalized spacial score (nSPS) is 12.2. The molecule has 0 bridgehead atoms. The highest BCUT2D eigenvalue weighted by Gasteiger charge is 2.23. The maximum Gasteiger partial charge on any atom is 0.139 e. The third kappa shape index (κ3) is 26.2. The number of hydrogen-bond acceptors (Lipinski definition) is 4. The lowest BCUT2D eigenvalue weighted by Gasteiger charge is -2.38. The molecule has 0 saturated carbocycles. The van der Waals surface area contributed by atoms with E-state index in [9.17, 15) is 13.9 Å². The minimum absolute atomic E-state index is 0.0800. The topological polar surface area (TPSA) is 72.4 Å². The molecular formula is C46H82NO4S-. The minimum atomic E-state index is -2.58. The maximum atomic E-state index is 11.0. The number of nitrogens with zero attached hydrogens (tertiary/aromatic N) is 1. The van der Waals surface area contributed by atoms with Crippen LogP contribution in [0.1, 0.15) is 207 Å². The number of rotatable bonds is 34. The second-order valence-corrected chi connectivity index (χ2v) is 16.2. The van der Waals surface area contributed by atoms with Gasteiger partial charge in [-0.15, -0.1) is 5.75 Å². The standard InChI is InChI=1S/C36H76N.C10H8O4S/c1-5-9-12-15-18-19-20-21-22-23-24-25-26-27-30-33-36-37(8-4,34-31-28-16-13-10-6-2)35-32-29-17-14-11-7-3;11-9-3-1-8-6-10(14-15(12)13)4-2-7(8)5-9/h5-36H2,1-4H3;1-6,11H,(H,12,13)/q+1;/p-2. The molecule has 302 valence electrons. The Morgan fingerprint density at radius 3 is 1.15 bits per heavy atom. The third-order valence-electron chi connectivity index (χ3n) is 11.1. The average Bonchev–Trinajstić information content (AvgIpc) is 3.14. The van der Waals surface area contributed by atoms with Gasteiger partial charge < -0.3 is 18.3 Å². The van der Waals surface area contributed by atoms with Crippen LogP contribution in [0.25, 0.3) is 10.8 Å². The van der Waals surface area contributed by atoms with E-state index in [1.165, 1.54) is 229 Å². The maximum absolute atomic E-state index is 11.0. The van der Waals surface area contributed by atoms with Gasteiger partial charge in [0.05, 0.1) is 26.2 Å². The van der Waals surface area contributed by atoms with Gasteiger partial charge in [0.2, 0.25) is 0 Å². The molecule has 6 heteroatoms. The summed E-state index contributed by atoms with van der Waals surface area (Å²) in [5.74, 6) is 0.151. The smallest absolute Gasteiger partial charge is 0.139 e. The van der Waals surface area contributed by atoms with Crippen molar-refractivity contribution in [1.82, 2.24) is 0 Å². The predicted molar refractivity (Wildman–Crippen MR) is 225 cm³/mol. The van der Waals surface area contributed by atoms with Crippen LogP contribution in [-0.4, -0.2) is 39.4 Å². The molecule has 0 aliphatic heterocycles. The van der Waals surface area contributed by atoms with Gasteiger partial charge in [-0.3, -0.25) is 0 Å². The molecule has 0 N–H and O–H groups in total. The number of unbranched alkanes of at least 4 members (excludes halogenated alkanes) is 25. The molecule has 0 spiro atoms. The molecular weight excluding hydrogens is 663 g/mol. The van der Waals surface area contributed by atoms with Gasteiger partial charge in [-0.1, -0.05) is 186 Å². The first kappa shape index (κ1) is 48.4. The Balaban J connectivity index is 0.000000736. The molecule has 0 aromatic heterocycles. The molecule has 1 unspecified atom stereocenters. The summed E-state index contributed by atoms with van der Waals surface area (Å²) < 4.78 is 26.5. The zero-order valence-corrected chi connectivity index (χ0v) is 35.4. The lowest BCUT2D eigenvalue weighted by Crippen LogP contribution is -2.50. The van der Waals surface area contributed by atoms with Crippen LogP contribution in [0.4, 0.5) is 0 Å². The van der Waals surface area contributed by atoms with Crippen LogP contribution < -0.4 is 9.29 Å². The summed E-state index contributed by atoms with van der Waals surface area (Å²) in [6.45, 7) is 15.2. The van der Waals surface area contributed by atoms with Crippen LogP contribution >= 0.6 is 0 Å². The molecule has 52 heavy (non-hydrogen) atoms. The van der Waals surface area contributed by atoms with Crippen molar-refractivity contribution in [3.63, 3.8) is 0 Å². The van der Waals surface area contributed by atoms with Gasteiger partial charge in [0.1, 0.15) is 17.1 Å². The summed E-state index contributed by atoms with van der Waals surface area (Å²) in [5.41, 5.74) is 0. The molecule has 0 amide bonds. The number of hydrogen-bond donors (Lipinski definition) is 0. The first-order valence-electron chi connectivity index (χ1n) is 22.2. The van der Waals surface area contributed by atoms with E-state index >= 15 is 0 Å². The van der Waals surface area contributed by atoms with E-state index in [0.29, 0.717) is 0 Å². The van der Waals surface area contributed by atoms with Crippen molar-refractivity contribution >= 4 is 22.1 Å². The van der Waals surface area contributed by atoms with Gasteiger partial charge in [0, 0.05) is 0 Å². The first-order valence-corrected chi connectivity index (χ1v) is 23.2. The van der Waals surface area contributed by atoms with Crippen LogP contribution in [-0.2, 0) is 11.4 Å². The molecule has 1 atom stereocenters. The summed E-state index contributed by atoms with van der Waals surface area (Å²) in [6.07, 6.45) is 40.9. The number of fused-ring (bicyclic) bond motifs is 1. The van der Waals surface area contributed by atoms with E-state index in [0.717, 1.165) is 10.8 Å². The zero-order valence-electron chi connectivity index (χ0n) is 34.6. The zero-order chi connectivity index (χ0) is 38.0. The van der Waals surface area contributed by atoms with Crippen molar-refractivity contribution in [2.45, 2.75) is 207 Å². The fourth-order valence-electron chi connectivity index (χ4n) is 7.59. The van der Waals surface area contributed by atoms with Crippen molar-refractivity contribution < 1.29 is 22.5 Å². The van der Waals surface area contributed by atoms with E-state index in [2.05, 4.69) is 31.9 Å². The highest BCUT2D eigenvalue weighted by molar-refractivity contribution is 7.74. The molecule has 0 radical (unpaired) electrons. The van der Waals surface area contributed by atoms with Crippen LogP contribution in [0.5, 0.6) is 11.5 Å². The van der Waals surface area contributed by atoms with E-state index in [-0.39, 0.29) is 11.5 Å². The average molecular weight is 745 g/mol. The summed E-state index contributed by atoms with van der Waals surface area (Å²) in [5, 5.41) is 12.5. The van der Waals surface area contributed by atoms with Crippen molar-refractivity contribution in [3.8, 4) is 11.5 Å². The molecule has 2 aromatic carbocycles. The highest BCUT2D eigenvalue weighted by atomic mass is 32.2. The predicted octanol–water partition coefficient (Wildman–Crippen LogP) is 13.9. The van der Waals surface area contributed by atoms with Gasteiger partial charge in [0.15, 0.2) is 0 Å². The van der Waals surface area contributed by atoms with E-state index < -0.39 is 11.4 Å². The molecule has 0 heterocycles. The van der Waals surface area contributed by atoms with Crippen LogP contribution in [0, 0.1) is 0 Å². The van der Waals surface area contributed by atoms with Gasteiger partial charge in [-0.25, -0.2) is 4.21 Å². The molecule has 0 aliphatic carbocycles. The summed E-state index contributed by atoms with van der Waals surface area (Å²) in [4.78, 5) is 0. The minimum Gasteiger partial charge on any atom is -0.872 e. The fourth-order valence-corrected chi connectivity index (χ4v) is 7.85. The second-order valence-electron chi connectivity index (χ2n) is 15.6. The van der Waals surface area contributed by atoms with Crippen LogP contribution in [0.3, 0.4) is 0 Å². The molecule has 2 rings (SSSR count). The molecule has 0 saturated heterocycles. The SMILES string of the molecule is CCCCCCCCCCCCCCCCCC[N+](CC)(CCCCCCCC)CCCCCCCC.O=S([O-])Oc1ccc2cc([O-])ccc2c1. The summed E-state index contributed by atoms with van der Waals surface area (Å²) in [7, 11) is 0. The van der Waals surface area contributed by atoms with Crippen molar-refractivity contribution in [3.05, 3.63) is 36.4 Å². The number of quaternary nitrogens is 1. The molecule has 0 aliphatic rings. The van der Waals surface area contributed by atoms with Crippen LogP contribution in [0.2, 0.25) is 0 Å². The summed E-state index contributed by atoms with van der Waals surface area (Å²) >= 11 is -2.58.